The summed E-state index contributed by atoms with van der Waals surface area (Å²) in [5.41, 5.74) is 7.14. The quantitative estimate of drug-likeness (QED) is 0.725. The first-order valence-corrected chi connectivity index (χ1v) is 4.22. The Morgan fingerprint density at radius 1 is 1.38 bits per heavy atom. The molecule has 0 aromatic carbocycles. The molecule has 0 saturated heterocycles. The highest BCUT2D eigenvalue weighted by atomic mass is 15.1. The zero-order chi connectivity index (χ0) is 9.10. The number of imidazole rings is 1. The fourth-order valence-electron chi connectivity index (χ4n) is 1.24. The molecule has 2 aromatic heterocycles. The summed E-state index contributed by atoms with van der Waals surface area (Å²) in [6.07, 6.45) is 5.99. The Morgan fingerprint density at radius 2 is 2.31 bits per heavy atom. The van der Waals surface area contributed by atoms with E-state index in [1.54, 1.807) is 12.5 Å². The van der Waals surface area contributed by atoms with Gasteiger partial charge < -0.3 is 10.3 Å². The minimum Gasteiger partial charge on any atom is -0.330 e. The molecule has 0 amide bonds. The molecule has 68 valence electrons. The van der Waals surface area contributed by atoms with Gasteiger partial charge in [-0.25, -0.2) is 15.0 Å². The van der Waals surface area contributed by atoms with Crippen molar-refractivity contribution in [2.75, 3.05) is 6.54 Å². The molecule has 0 aliphatic heterocycles. The van der Waals surface area contributed by atoms with E-state index in [0.29, 0.717) is 6.54 Å². The van der Waals surface area contributed by atoms with Gasteiger partial charge >= 0.3 is 0 Å². The average Bonchev–Trinajstić information content (AvgIpc) is 2.58. The third kappa shape index (κ3) is 1.50. The first kappa shape index (κ1) is 8.12. The summed E-state index contributed by atoms with van der Waals surface area (Å²) in [5.74, 6) is 0. The van der Waals surface area contributed by atoms with Crippen LogP contribution >= 0.6 is 0 Å². The lowest BCUT2D eigenvalue weighted by Gasteiger charge is -2.00. The van der Waals surface area contributed by atoms with Crippen LogP contribution in [0.1, 0.15) is 6.42 Å². The number of rotatable bonds is 3. The molecule has 5 heteroatoms. The minimum absolute atomic E-state index is 0.688. The zero-order valence-corrected chi connectivity index (χ0v) is 7.22. The van der Waals surface area contributed by atoms with Gasteiger partial charge in [0.2, 0.25) is 0 Å². The maximum absolute atomic E-state index is 5.42. The van der Waals surface area contributed by atoms with Crippen molar-refractivity contribution in [1.82, 2.24) is 19.5 Å². The molecule has 2 N–H and O–H groups in total. The molecule has 0 atom stereocenters. The number of fused-ring (bicyclic) bond motifs is 1. The first-order valence-electron chi connectivity index (χ1n) is 4.22. The number of nitrogens with zero attached hydrogens (tertiary/aromatic N) is 4. The number of aromatic nitrogens is 4. The molecule has 0 unspecified atom stereocenters. The van der Waals surface area contributed by atoms with Crippen LogP contribution < -0.4 is 5.73 Å². The normalized spacial score (nSPS) is 10.8. The largest absolute Gasteiger partial charge is 0.330 e. The lowest BCUT2D eigenvalue weighted by Crippen LogP contribution is -2.04. The number of nitrogens with two attached hydrogens (primary N) is 1. The summed E-state index contributed by atoms with van der Waals surface area (Å²) in [5, 5.41) is 0. The predicted molar refractivity (Wildman–Crippen MR) is 49.0 cm³/mol. The van der Waals surface area contributed by atoms with Gasteiger partial charge in [-0.05, 0) is 13.0 Å². The number of aryl methyl sites for hydroxylation is 1. The van der Waals surface area contributed by atoms with Crippen molar-refractivity contribution in [3.05, 3.63) is 18.9 Å². The molecule has 0 saturated carbocycles. The third-order valence-corrected chi connectivity index (χ3v) is 1.90. The number of hydrogen-bond donors (Lipinski definition) is 1. The molecular weight excluding hydrogens is 166 g/mol. The van der Waals surface area contributed by atoms with E-state index in [1.165, 1.54) is 6.33 Å². The van der Waals surface area contributed by atoms with E-state index >= 15 is 0 Å². The second-order valence-electron chi connectivity index (χ2n) is 2.81. The monoisotopic (exact) mass is 177 g/mol. The van der Waals surface area contributed by atoms with Crippen LogP contribution in [-0.2, 0) is 6.54 Å². The second-order valence-corrected chi connectivity index (χ2v) is 2.81. The number of hydrogen-bond acceptors (Lipinski definition) is 4. The van der Waals surface area contributed by atoms with Gasteiger partial charge in [0, 0.05) is 6.54 Å². The molecule has 2 aromatic rings. The Bertz CT molecular complexity index is 394. The van der Waals surface area contributed by atoms with Crippen LogP contribution in [0, 0.1) is 0 Å². The van der Waals surface area contributed by atoms with Crippen LogP contribution in [0.3, 0.4) is 0 Å². The van der Waals surface area contributed by atoms with Gasteiger partial charge in [-0.2, -0.15) is 0 Å². The third-order valence-electron chi connectivity index (χ3n) is 1.90. The standard InChI is InChI=1S/C8H11N5/c9-2-1-3-13-6-12-8-7(13)4-10-5-11-8/h4-6H,1-3,9H2. The molecule has 0 spiro atoms. The molecule has 0 radical (unpaired) electrons. The van der Waals surface area contributed by atoms with E-state index in [0.717, 1.165) is 24.1 Å². The van der Waals surface area contributed by atoms with Gasteiger partial charge in [0.05, 0.1) is 12.5 Å². The van der Waals surface area contributed by atoms with Crippen LogP contribution in [-0.4, -0.2) is 26.1 Å². The van der Waals surface area contributed by atoms with Crippen molar-refractivity contribution < 1.29 is 0 Å². The van der Waals surface area contributed by atoms with Crippen LogP contribution in [0.5, 0.6) is 0 Å². The van der Waals surface area contributed by atoms with Gasteiger partial charge in [0.1, 0.15) is 11.8 Å². The summed E-state index contributed by atoms with van der Waals surface area (Å²) in [6, 6.07) is 0. The SMILES string of the molecule is NCCCn1cnc2ncncc21. The van der Waals surface area contributed by atoms with E-state index in [1.807, 2.05) is 4.57 Å². The van der Waals surface area contributed by atoms with Crippen LogP contribution in [0.25, 0.3) is 11.2 Å². The highest BCUT2D eigenvalue weighted by Gasteiger charge is 2.01. The van der Waals surface area contributed by atoms with Crippen LogP contribution in [0.4, 0.5) is 0 Å². The molecule has 0 aliphatic carbocycles. The molecule has 0 fully saturated rings. The maximum atomic E-state index is 5.42. The van der Waals surface area contributed by atoms with Crippen molar-refractivity contribution in [1.29, 1.82) is 0 Å². The van der Waals surface area contributed by atoms with Gasteiger partial charge in [0.25, 0.3) is 0 Å². The molecule has 5 nitrogen and oxygen atoms in total. The van der Waals surface area contributed by atoms with Crippen LogP contribution in [0.15, 0.2) is 18.9 Å². The van der Waals surface area contributed by atoms with Gasteiger partial charge in [-0.1, -0.05) is 0 Å². The molecule has 2 heterocycles. The van der Waals surface area contributed by atoms with Crippen LogP contribution in [0.2, 0.25) is 0 Å². The summed E-state index contributed by atoms with van der Waals surface area (Å²) < 4.78 is 2.02. The average molecular weight is 177 g/mol. The first-order chi connectivity index (χ1) is 6.42. The Balaban J connectivity index is 2.35. The van der Waals surface area contributed by atoms with E-state index in [-0.39, 0.29) is 0 Å². The Kier molecular flexibility index (Phi) is 2.18. The predicted octanol–water partition coefficient (Wildman–Crippen LogP) is 0.175. The van der Waals surface area contributed by atoms with Crippen molar-refractivity contribution in [2.45, 2.75) is 13.0 Å². The molecule has 0 aliphatic rings. The fourth-order valence-corrected chi connectivity index (χ4v) is 1.24. The minimum atomic E-state index is 0.688. The second kappa shape index (κ2) is 3.49. The van der Waals surface area contributed by atoms with Crippen molar-refractivity contribution in [3.63, 3.8) is 0 Å². The van der Waals surface area contributed by atoms with Crippen molar-refractivity contribution in [3.8, 4) is 0 Å². The molecule has 2 rings (SSSR count). The summed E-state index contributed by atoms with van der Waals surface area (Å²) >= 11 is 0. The summed E-state index contributed by atoms with van der Waals surface area (Å²) in [4.78, 5) is 12.1. The topological polar surface area (TPSA) is 69.6 Å². The fraction of sp³-hybridized carbons (Fsp3) is 0.375. The smallest absolute Gasteiger partial charge is 0.180 e. The summed E-state index contributed by atoms with van der Waals surface area (Å²) in [6.45, 7) is 1.56. The highest BCUT2D eigenvalue weighted by molar-refractivity contribution is 5.68. The highest BCUT2D eigenvalue weighted by Crippen LogP contribution is 2.07. The maximum Gasteiger partial charge on any atom is 0.180 e. The van der Waals surface area contributed by atoms with Gasteiger partial charge in [-0.3, -0.25) is 0 Å². The van der Waals surface area contributed by atoms with Gasteiger partial charge in [-0.15, -0.1) is 0 Å². The lowest BCUT2D eigenvalue weighted by molar-refractivity contribution is 0.665. The van der Waals surface area contributed by atoms with Gasteiger partial charge in [0.15, 0.2) is 5.65 Å². The Morgan fingerprint density at radius 3 is 3.15 bits per heavy atom. The van der Waals surface area contributed by atoms with Crippen molar-refractivity contribution >= 4 is 11.2 Å². The zero-order valence-electron chi connectivity index (χ0n) is 7.22. The van der Waals surface area contributed by atoms with E-state index in [2.05, 4.69) is 15.0 Å². The van der Waals surface area contributed by atoms with E-state index in [4.69, 9.17) is 5.73 Å². The Hall–Kier alpha value is -1.49. The Labute approximate surface area is 75.6 Å². The lowest BCUT2D eigenvalue weighted by atomic mass is 10.4. The van der Waals surface area contributed by atoms with E-state index in [9.17, 15) is 0 Å². The molecule has 0 bridgehead atoms. The summed E-state index contributed by atoms with van der Waals surface area (Å²) in [7, 11) is 0. The van der Waals surface area contributed by atoms with Crippen molar-refractivity contribution in [2.24, 2.45) is 5.73 Å². The molecular formula is C8H11N5. The molecule has 13 heavy (non-hydrogen) atoms. The van der Waals surface area contributed by atoms with E-state index < -0.39 is 0 Å².